The number of hydrogen-bond acceptors (Lipinski definition) is 4. The van der Waals surface area contributed by atoms with Crippen molar-refractivity contribution in [3.05, 3.63) is 30.3 Å². The molecule has 128 valence electrons. The lowest BCUT2D eigenvalue weighted by Crippen LogP contribution is -2.29. The van der Waals surface area contributed by atoms with Crippen LogP contribution < -0.4 is 10.2 Å². The number of rotatable bonds is 10. The number of hydrogen-bond donors (Lipinski definition) is 1. The Bertz CT molecular complexity index is 448. The second-order valence-corrected chi connectivity index (χ2v) is 5.50. The van der Waals surface area contributed by atoms with Gasteiger partial charge in [0, 0.05) is 6.42 Å². The second-order valence-electron chi connectivity index (χ2n) is 5.50. The smallest absolute Gasteiger partial charge is 0.408 e. The molecule has 23 heavy (non-hydrogen) atoms. The first-order valence-corrected chi connectivity index (χ1v) is 8.45. The summed E-state index contributed by atoms with van der Waals surface area (Å²) in [6.07, 6.45) is 8.77. The molecule has 1 rings (SSSR count). The topological polar surface area (TPSA) is 64.6 Å². The predicted octanol–water partition coefficient (Wildman–Crippen LogP) is 4.76. The molecule has 0 bridgehead atoms. The lowest BCUT2D eigenvalue weighted by atomic mass is 10.1. The number of carbonyl (C=O) groups excluding carboxylic acids is 2. The van der Waals surface area contributed by atoms with E-state index in [9.17, 15) is 9.59 Å². The molecule has 0 aliphatic rings. The van der Waals surface area contributed by atoms with E-state index < -0.39 is 12.1 Å². The van der Waals surface area contributed by atoms with Crippen molar-refractivity contribution in [2.75, 3.05) is 0 Å². The molecule has 0 aliphatic carbocycles. The van der Waals surface area contributed by atoms with Crippen molar-refractivity contribution in [1.29, 1.82) is 0 Å². The molecule has 0 heterocycles. The van der Waals surface area contributed by atoms with Gasteiger partial charge in [-0.05, 0) is 18.6 Å². The maximum atomic E-state index is 11.5. The standard InChI is InChI=1S/C18H27NO4/c1-2-3-4-5-6-7-8-12-15-17(20)23-19-18(21)22-16-13-10-9-11-14-16/h9-11,13-14H,2-8,12,15H2,1H3,(H,19,21). The average molecular weight is 321 g/mol. The maximum Gasteiger partial charge on any atom is 0.446 e. The van der Waals surface area contributed by atoms with Gasteiger partial charge in [-0.15, -0.1) is 5.48 Å². The highest BCUT2D eigenvalue weighted by molar-refractivity contribution is 5.74. The summed E-state index contributed by atoms with van der Waals surface area (Å²) in [5.74, 6) is -0.0508. The van der Waals surface area contributed by atoms with Crippen LogP contribution in [-0.2, 0) is 9.63 Å². The number of nitrogens with one attached hydrogen (secondary N) is 1. The fraction of sp³-hybridized carbons (Fsp3) is 0.556. The summed E-state index contributed by atoms with van der Waals surface area (Å²) in [5, 5.41) is 0. The molecule has 0 unspecified atom stereocenters. The van der Waals surface area contributed by atoms with Crippen LogP contribution in [0.1, 0.15) is 64.7 Å². The van der Waals surface area contributed by atoms with Crippen molar-refractivity contribution >= 4 is 12.1 Å². The zero-order valence-electron chi connectivity index (χ0n) is 13.9. The number of amides is 1. The van der Waals surface area contributed by atoms with Crippen molar-refractivity contribution in [3.63, 3.8) is 0 Å². The minimum Gasteiger partial charge on any atom is -0.408 e. The van der Waals surface area contributed by atoms with Gasteiger partial charge in [-0.2, -0.15) is 0 Å². The Morgan fingerprint density at radius 1 is 0.913 bits per heavy atom. The molecule has 1 N–H and O–H groups in total. The van der Waals surface area contributed by atoms with Crippen LogP contribution >= 0.6 is 0 Å². The molecule has 0 saturated carbocycles. The number of para-hydroxylation sites is 1. The fourth-order valence-electron chi connectivity index (χ4n) is 2.17. The zero-order valence-corrected chi connectivity index (χ0v) is 13.9. The van der Waals surface area contributed by atoms with E-state index >= 15 is 0 Å². The lowest BCUT2D eigenvalue weighted by Gasteiger charge is -2.06. The van der Waals surface area contributed by atoms with Gasteiger partial charge >= 0.3 is 12.1 Å². The summed E-state index contributed by atoms with van der Waals surface area (Å²) in [4.78, 5) is 27.6. The molecule has 0 spiro atoms. The van der Waals surface area contributed by atoms with Crippen LogP contribution in [0.4, 0.5) is 4.79 Å². The molecule has 1 aromatic rings. The molecule has 0 radical (unpaired) electrons. The van der Waals surface area contributed by atoms with Gasteiger partial charge in [0.2, 0.25) is 0 Å². The third kappa shape index (κ3) is 10.3. The monoisotopic (exact) mass is 321 g/mol. The van der Waals surface area contributed by atoms with Crippen molar-refractivity contribution < 1.29 is 19.2 Å². The van der Waals surface area contributed by atoms with Crippen molar-refractivity contribution in [2.45, 2.75) is 64.7 Å². The van der Waals surface area contributed by atoms with E-state index in [1.807, 2.05) is 11.5 Å². The van der Waals surface area contributed by atoms with Gasteiger partial charge in [0.05, 0.1) is 0 Å². The van der Waals surface area contributed by atoms with Crippen LogP contribution in [-0.4, -0.2) is 12.1 Å². The first-order chi connectivity index (χ1) is 11.2. The Labute approximate surface area is 138 Å². The minimum atomic E-state index is -0.805. The third-order valence-electron chi connectivity index (χ3n) is 3.44. The summed E-state index contributed by atoms with van der Waals surface area (Å²) >= 11 is 0. The van der Waals surface area contributed by atoms with Crippen LogP contribution in [0, 0.1) is 0 Å². The van der Waals surface area contributed by atoms with E-state index in [1.54, 1.807) is 24.3 Å². The Balaban J connectivity index is 1.98. The van der Waals surface area contributed by atoms with Crippen LogP contribution in [0.5, 0.6) is 5.75 Å². The highest BCUT2D eigenvalue weighted by atomic mass is 16.7. The molecule has 0 aliphatic heterocycles. The minimum absolute atomic E-state index is 0.306. The van der Waals surface area contributed by atoms with Gasteiger partial charge in [-0.1, -0.05) is 70.1 Å². The van der Waals surface area contributed by atoms with Gasteiger partial charge in [0.1, 0.15) is 5.75 Å². The van der Waals surface area contributed by atoms with E-state index in [0.717, 1.165) is 19.3 Å². The Morgan fingerprint density at radius 3 is 2.17 bits per heavy atom. The SMILES string of the molecule is CCCCCCCCCCC(=O)ONC(=O)Oc1ccccc1. The van der Waals surface area contributed by atoms with E-state index in [0.29, 0.717) is 12.2 Å². The molecule has 5 nitrogen and oxygen atoms in total. The first-order valence-electron chi connectivity index (χ1n) is 8.45. The number of carbonyl (C=O) groups is 2. The van der Waals surface area contributed by atoms with Crippen LogP contribution in [0.3, 0.4) is 0 Å². The number of ether oxygens (including phenoxy) is 1. The summed E-state index contributed by atoms with van der Waals surface area (Å²) in [6.45, 7) is 2.20. The summed E-state index contributed by atoms with van der Waals surface area (Å²) in [6, 6.07) is 8.59. The molecule has 0 aromatic heterocycles. The molecule has 0 fully saturated rings. The van der Waals surface area contributed by atoms with Crippen LogP contribution in [0.2, 0.25) is 0 Å². The first kappa shape index (κ1) is 19.0. The summed E-state index contributed by atoms with van der Waals surface area (Å²) in [7, 11) is 0. The predicted molar refractivity (Wildman–Crippen MR) is 88.9 cm³/mol. The molecule has 5 heteroatoms. The van der Waals surface area contributed by atoms with Gasteiger partial charge < -0.3 is 9.57 Å². The van der Waals surface area contributed by atoms with Gasteiger partial charge in [0.15, 0.2) is 0 Å². The van der Waals surface area contributed by atoms with Gasteiger partial charge in [0.25, 0.3) is 0 Å². The second kappa shape index (κ2) is 12.5. The highest BCUT2D eigenvalue weighted by Crippen LogP contribution is 2.10. The normalized spacial score (nSPS) is 10.1. The summed E-state index contributed by atoms with van der Waals surface area (Å²) in [5.41, 5.74) is 2.00. The molecule has 1 amide bonds. The third-order valence-corrected chi connectivity index (χ3v) is 3.44. The highest BCUT2D eigenvalue weighted by Gasteiger charge is 2.08. The molecular formula is C18H27NO4. The van der Waals surface area contributed by atoms with Crippen molar-refractivity contribution in [2.24, 2.45) is 0 Å². The number of unbranched alkanes of at least 4 members (excludes halogenated alkanes) is 7. The van der Waals surface area contributed by atoms with Crippen LogP contribution in [0.25, 0.3) is 0 Å². The van der Waals surface area contributed by atoms with Crippen molar-refractivity contribution in [3.8, 4) is 5.75 Å². The fourth-order valence-corrected chi connectivity index (χ4v) is 2.17. The van der Waals surface area contributed by atoms with E-state index in [2.05, 4.69) is 11.8 Å². The van der Waals surface area contributed by atoms with E-state index in [-0.39, 0.29) is 0 Å². The van der Waals surface area contributed by atoms with Gasteiger partial charge in [-0.25, -0.2) is 9.59 Å². The van der Waals surface area contributed by atoms with E-state index in [4.69, 9.17) is 4.74 Å². The number of benzene rings is 1. The van der Waals surface area contributed by atoms with Gasteiger partial charge in [-0.3, -0.25) is 0 Å². The molecule has 0 saturated heterocycles. The zero-order chi connectivity index (χ0) is 16.8. The van der Waals surface area contributed by atoms with Crippen molar-refractivity contribution in [1.82, 2.24) is 5.48 Å². The van der Waals surface area contributed by atoms with Crippen LogP contribution in [0.15, 0.2) is 30.3 Å². The van der Waals surface area contributed by atoms with E-state index in [1.165, 1.54) is 32.1 Å². The Hall–Kier alpha value is -2.04. The Morgan fingerprint density at radius 2 is 1.52 bits per heavy atom. The summed E-state index contributed by atoms with van der Waals surface area (Å²) < 4.78 is 4.93. The molecular weight excluding hydrogens is 294 g/mol. The number of hydroxylamine groups is 1. The largest absolute Gasteiger partial charge is 0.446 e. The molecule has 1 aromatic carbocycles. The molecule has 0 atom stereocenters. The maximum absolute atomic E-state index is 11.5. The lowest BCUT2D eigenvalue weighted by molar-refractivity contribution is -0.149. The average Bonchev–Trinajstić information content (AvgIpc) is 2.56. The Kier molecular flexibility index (Phi) is 10.3. The quantitative estimate of drug-likeness (QED) is 0.498.